The first kappa shape index (κ1) is 11.3. The second-order valence-corrected chi connectivity index (χ2v) is 3.43. The van der Waals surface area contributed by atoms with E-state index in [2.05, 4.69) is 4.98 Å². The molecule has 1 aromatic heterocycles. The van der Waals surface area contributed by atoms with Gasteiger partial charge in [-0.3, -0.25) is 4.79 Å². The zero-order valence-corrected chi connectivity index (χ0v) is 8.63. The summed E-state index contributed by atoms with van der Waals surface area (Å²) in [5.74, 6) is -1.98. The third-order valence-corrected chi connectivity index (χ3v) is 2.43. The molecular formula is C10H13NO4. The number of aliphatic carboxylic acids is 1. The number of aromatic nitrogens is 1. The average Bonchev–Trinajstić information content (AvgIpc) is 2.41. The van der Waals surface area contributed by atoms with Crippen molar-refractivity contribution in [2.45, 2.75) is 26.7 Å². The highest BCUT2D eigenvalue weighted by Gasteiger charge is 2.17. The van der Waals surface area contributed by atoms with E-state index in [1.54, 1.807) is 13.8 Å². The average molecular weight is 211 g/mol. The zero-order valence-electron chi connectivity index (χ0n) is 8.63. The van der Waals surface area contributed by atoms with Crippen LogP contribution in [-0.4, -0.2) is 27.1 Å². The van der Waals surface area contributed by atoms with Crippen molar-refractivity contribution in [3.8, 4) is 0 Å². The van der Waals surface area contributed by atoms with Gasteiger partial charge in [0.2, 0.25) is 0 Å². The molecule has 0 amide bonds. The van der Waals surface area contributed by atoms with Crippen LogP contribution in [0.5, 0.6) is 0 Å². The van der Waals surface area contributed by atoms with Gasteiger partial charge in [0.15, 0.2) is 0 Å². The summed E-state index contributed by atoms with van der Waals surface area (Å²) < 4.78 is 0. The quantitative estimate of drug-likeness (QED) is 0.701. The molecule has 82 valence electrons. The van der Waals surface area contributed by atoms with Gasteiger partial charge < -0.3 is 15.2 Å². The lowest BCUT2D eigenvalue weighted by molar-refractivity contribution is -0.136. The van der Waals surface area contributed by atoms with Crippen molar-refractivity contribution in [3.05, 3.63) is 22.5 Å². The van der Waals surface area contributed by atoms with E-state index in [4.69, 9.17) is 10.2 Å². The molecule has 0 bridgehead atoms. The first-order chi connectivity index (χ1) is 6.93. The van der Waals surface area contributed by atoms with Crippen molar-refractivity contribution >= 4 is 11.9 Å². The smallest absolute Gasteiger partial charge is 0.352 e. The summed E-state index contributed by atoms with van der Waals surface area (Å²) in [7, 11) is 0. The van der Waals surface area contributed by atoms with Gasteiger partial charge in [-0.05, 0) is 31.4 Å². The fourth-order valence-corrected chi connectivity index (χ4v) is 1.50. The summed E-state index contributed by atoms with van der Waals surface area (Å²) in [6, 6.07) is 0. The molecule has 5 nitrogen and oxygen atoms in total. The summed E-state index contributed by atoms with van der Waals surface area (Å²) in [5.41, 5.74) is 2.29. The maximum absolute atomic E-state index is 10.9. The SMILES string of the molecule is Cc1[nH]c(C(=O)O)c(CCC(=O)O)c1C. The third kappa shape index (κ3) is 2.37. The Hall–Kier alpha value is -1.78. The van der Waals surface area contributed by atoms with Gasteiger partial charge in [-0.1, -0.05) is 0 Å². The van der Waals surface area contributed by atoms with Gasteiger partial charge in [-0.2, -0.15) is 0 Å². The van der Waals surface area contributed by atoms with E-state index in [1.807, 2.05) is 0 Å². The lowest BCUT2D eigenvalue weighted by Crippen LogP contribution is -2.04. The van der Waals surface area contributed by atoms with Crippen LogP contribution >= 0.6 is 0 Å². The van der Waals surface area contributed by atoms with Crippen molar-refractivity contribution in [3.63, 3.8) is 0 Å². The summed E-state index contributed by atoms with van der Waals surface area (Å²) >= 11 is 0. The Morgan fingerprint density at radius 3 is 2.33 bits per heavy atom. The summed E-state index contributed by atoms with van der Waals surface area (Å²) in [6.07, 6.45) is 0.186. The van der Waals surface area contributed by atoms with Gasteiger partial charge >= 0.3 is 11.9 Å². The normalized spacial score (nSPS) is 10.3. The van der Waals surface area contributed by atoms with E-state index < -0.39 is 11.9 Å². The number of aryl methyl sites for hydroxylation is 1. The summed E-state index contributed by atoms with van der Waals surface area (Å²) in [6.45, 7) is 3.56. The van der Waals surface area contributed by atoms with E-state index in [1.165, 1.54) is 0 Å². The molecule has 0 aliphatic heterocycles. The monoisotopic (exact) mass is 211 g/mol. The number of nitrogens with one attached hydrogen (secondary N) is 1. The maximum atomic E-state index is 10.9. The van der Waals surface area contributed by atoms with E-state index in [0.29, 0.717) is 5.56 Å². The molecule has 0 saturated heterocycles. The number of H-pyrrole nitrogens is 1. The van der Waals surface area contributed by atoms with E-state index in [0.717, 1.165) is 11.3 Å². The standard InChI is InChI=1S/C10H13NO4/c1-5-6(2)11-9(10(14)15)7(5)3-4-8(12)13/h11H,3-4H2,1-2H3,(H,12,13)(H,14,15). The minimum absolute atomic E-state index is 0.0571. The number of carboxylic acids is 2. The lowest BCUT2D eigenvalue weighted by atomic mass is 10.0. The van der Waals surface area contributed by atoms with Crippen molar-refractivity contribution in [2.24, 2.45) is 0 Å². The predicted molar refractivity (Wildman–Crippen MR) is 53.2 cm³/mol. The van der Waals surface area contributed by atoms with E-state index in [-0.39, 0.29) is 18.5 Å². The number of rotatable bonds is 4. The van der Waals surface area contributed by atoms with Crippen molar-refractivity contribution in [1.82, 2.24) is 4.98 Å². The molecule has 1 aromatic rings. The second-order valence-electron chi connectivity index (χ2n) is 3.43. The Balaban J connectivity index is 3.02. The second kappa shape index (κ2) is 4.16. The Morgan fingerprint density at radius 2 is 1.87 bits per heavy atom. The minimum atomic E-state index is -1.05. The highest BCUT2D eigenvalue weighted by molar-refractivity contribution is 5.88. The van der Waals surface area contributed by atoms with Gasteiger partial charge in [-0.25, -0.2) is 4.79 Å². The van der Waals surface area contributed by atoms with Crippen LogP contribution < -0.4 is 0 Å². The van der Waals surface area contributed by atoms with Gasteiger partial charge in [0.05, 0.1) is 0 Å². The summed E-state index contributed by atoms with van der Waals surface area (Å²) in [4.78, 5) is 24.0. The molecule has 0 saturated carbocycles. The first-order valence-corrected chi connectivity index (χ1v) is 4.56. The minimum Gasteiger partial charge on any atom is -0.481 e. The number of carboxylic acid groups (broad SMARTS) is 2. The Labute approximate surface area is 86.7 Å². The first-order valence-electron chi connectivity index (χ1n) is 4.56. The van der Waals surface area contributed by atoms with E-state index in [9.17, 15) is 9.59 Å². The Morgan fingerprint density at radius 1 is 1.27 bits per heavy atom. The lowest BCUT2D eigenvalue weighted by Gasteiger charge is -1.99. The number of carbonyl (C=O) groups is 2. The van der Waals surface area contributed by atoms with Crippen LogP contribution in [0, 0.1) is 13.8 Å². The fraction of sp³-hybridized carbons (Fsp3) is 0.400. The molecule has 15 heavy (non-hydrogen) atoms. The van der Waals surface area contributed by atoms with E-state index >= 15 is 0 Å². The van der Waals surface area contributed by atoms with Crippen LogP contribution in [-0.2, 0) is 11.2 Å². The molecule has 0 aromatic carbocycles. The highest BCUT2D eigenvalue weighted by Crippen LogP contribution is 2.19. The number of hydrogen-bond donors (Lipinski definition) is 3. The van der Waals surface area contributed by atoms with Crippen LogP contribution in [0.3, 0.4) is 0 Å². The molecule has 0 fully saturated rings. The molecule has 5 heteroatoms. The number of aromatic carboxylic acids is 1. The predicted octanol–water partition coefficient (Wildman–Crippen LogP) is 1.35. The van der Waals surface area contributed by atoms with Crippen molar-refractivity contribution in [2.75, 3.05) is 0 Å². The zero-order chi connectivity index (χ0) is 11.6. The molecule has 3 N–H and O–H groups in total. The van der Waals surface area contributed by atoms with Crippen LogP contribution in [0.25, 0.3) is 0 Å². The molecule has 1 rings (SSSR count). The Bertz CT molecular complexity index is 406. The maximum Gasteiger partial charge on any atom is 0.352 e. The number of hydrogen-bond acceptors (Lipinski definition) is 2. The van der Waals surface area contributed by atoms with Gasteiger partial charge in [0.1, 0.15) is 5.69 Å². The molecule has 1 heterocycles. The molecule has 0 unspecified atom stereocenters. The number of aromatic amines is 1. The summed E-state index contributed by atoms with van der Waals surface area (Å²) in [5, 5.41) is 17.4. The third-order valence-electron chi connectivity index (χ3n) is 2.43. The largest absolute Gasteiger partial charge is 0.481 e. The van der Waals surface area contributed by atoms with Crippen molar-refractivity contribution in [1.29, 1.82) is 0 Å². The fourth-order valence-electron chi connectivity index (χ4n) is 1.50. The molecule has 0 aliphatic rings. The van der Waals surface area contributed by atoms with Gasteiger partial charge in [0, 0.05) is 12.1 Å². The van der Waals surface area contributed by atoms with Crippen molar-refractivity contribution < 1.29 is 19.8 Å². The van der Waals surface area contributed by atoms with Crippen LogP contribution in [0.1, 0.15) is 33.7 Å². The van der Waals surface area contributed by atoms with Crippen LogP contribution in [0.15, 0.2) is 0 Å². The molecular weight excluding hydrogens is 198 g/mol. The van der Waals surface area contributed by atoms with Gasteiger partial charge in [-0.15, -0.1) is 0 Å². The molecule has 0 aliphatic carbocycles. The highest BCUT2D eigenvalue weighted by atomic mass is 16.4. The topological polar surface area (TPSA) is 90.4 Å². The van der Waals surface area contributed by atoms with Crippen LogP contribution in [0.2, 0.25) is 0 Å². The molecule has 0 atom stereocenters. The van der Waals surface area contributed by atoms with Crippen LogP contribution in [0.4, 0.5) is 0 Å². The molecule has 0 radical (unpaired) electrons. The Kier molecular flexibility index (Phi) is 3.14. The van der Waals surface area contributed by atoms with Gasteiger partial charge in [0.25, 0.3) is 0 Å². The molecule has 0 spiro atoms.